The Morgan fingerprint density at radius 2 is 2.62 bits per heavy atom. The molecule has 0 atom stereocenters. The number of hydrogen-bond donors (Lipinski definition) is 1. The SMILES string of the molecule is c1cc2c([nH]1)N=NC2. The quantitative estimate of drug-likeness (QED) is 0.523. The van der Waals surface area contributed by atoms with Crippen LogP contribution in [0.25, 0.3) is 0 Å². The molecule has 3 nitrogen and oxygen atoms in total. The monoisotopic (exact) mass is 107 g/mol. The predicted molar refractivity (Wildman–Crippen MR) is 29.0 cm³/mol. The molecular weight excluding hydrogens is 102 g/mol. The minimum atomic E-state index is 0.749. The summed E-state index contributed by atoms with van der Waals surface area (Å²) in [6.45, 7) is 0.749. The molecule has 40 valence electrons. The van der Waals surface area contributed by atoms with E-state index in [9.17, 15) is 0 Å². The lowest BCUT2D eigenvalue weighted by Gasteiger charge is -1.75. The van der Waals surface area contributed by atoms with Gasteiger partial charge in [-0.05, 0) is 6.07 Å². The minimum absolute atomic E-state index is 0.749. The Morgan fingerprint density at radius 3 is 3.50 bits per heavy atom. The minimum Gasteiger partial charge on any atom is -0.345 e. The number of aromatic nitrogens is 1. The normalized spacial score (nSPS) is 14.5. The molecule has 8 heavy (non-hydrogen) atoms. The van der Waals surface area contributed by atoms with Crippen molar-refractivity contribution in [1.82, 2.24) is 4.98 Å². The average Bonchev–Trinajstić information content (AvgIpc) is 2.15. The predicted octanol–water partition coefficient (Wildman–Crippen LogP) is 1.61. The first-order valence-corrected chi connectivity index (χ1v) is 2.50. The van der Waals surface area contributed by atoms with E-state index in [-0.39, 0.29) is 0 Å². The molecule has 0 saturated carbocycles. The maximum absolute atomic E-state index is 3.83. The summed E-state index contributed by atoms with van der Waals surface area (Å²) in [5.74, 6) is 0.921. The third kappa shape index (κ3) is 0.332. The zero-order valence-corrected chi connectivity index (χ0v) is 4.26. The zero-order chi connectivity index (χ0) is 5.40. The molecule has 0 aromatic carbocycles. The molecule has 0 saturated heterocycles. The molecule has 0 spiro atoms. The summed E-state index contributed by atoms with van der Waals surface area (Å²) in [6.07, 6.45) is 1.88. The molecule has 2 rings (SSSR count). The van der Waals surface area contributed by atoms with Crippen molar-refractivity contribution in [2.75, 3.05) is 0 Å². The van der Waals surface area contributed by atoms with Crippen LogP contribution in [0.2, 0.25) is 0 Å². The lowest BCUT2D eigenvalue weighted by molar-refractivity contribution is 1.03. The third-order valence-electron chi connectivity index (χ3n) is 1.22. The fraction of sp³-hybridized carbons (Fsp3) is 0.200. The summed E-state index contributed by atoms with van der Waals surface area (Å²) in [6, 6.07) is 2.00. The Labute approximate surface area is 46.4 Å². The summed E-state index contributed by atoms with van der Waals surface area (Å²) < 4.78 is 0. The van der Waals surface area contributed by atoms with Crippen LogP contribution in [-0.4, -0.2) is 4.98 Å². The van der Waals surface area contributed by atoms with Crippen molar-refractivity contribution in [3.8, 4) is 0 Å². The summed E-state index contributed by atoms with van der Waals surface area (Å²) in [5.41, 5.74) is 1.20. The van der Waals surface area contributed by atoms with Crippen LogP contribution in [0, 0.1) is 0 Å². The molecule has 1 aromatic rings. The first-order chi connectivity index (χ1) is 3.97. The average molecular weight is 107 g/mol. The number of aromatic amines is 1. The topological polar surface area (TPSA) is 40.5 Å². The highest BCUT2D eigenvalue weighted by atomic mass is 15.2. The van der Waals surface area contributed by atoms with E-state index in [1.807, 2.05) is 12.3 Å². The van der Waals surface area contributed by atoms with Gasteiger partial charge in [-0.3, -0.25) is 0 Å². The largest absolute Gasteiger partial charge is 0.345 e. The maximum atomic E-state index is 3.83. The van der Waals surface area contributed by atoms with Gasteiger partial charge in [0.15, 0.2) is 5.82 Å². The maximum Gasteiger partial charge on any atom is 0.157 e. The number of rotatable bonds is 0. The number of nitrogens with one attached hydrogen (secondary N) is 1. The lowest BCUT2D eigenvalue weighted by atomic mass is 10.3. The van der Waals surface area contributed by atoms with E-state index in [0.29, 0.717) is 0 Å². The number of hydrogen-bond acceptors (Lipinski definition) is 2. The summed E-state index contributed by atoms with van der Waals surface area (Å²) in [7, 11) is 0. The second-order valence-corrected chi connectivity index (χ2v) is 1.75. The van der Waals surface area contributed by atoms with E-state index in [4.69, 9.17) is 0 Å². The van der Waals surface area contributed by atoms with E-state index < -0.39 is 0 Å². The Kier molecular flexibility index (Phi) is 0.566. The fourth-order valence-electron chi connectivity index (χ4n) is 0.796. The van der Waals surface area contributed by atoms with Crippen molar-refractivity contribution >= 4 is 5.82 Å². The van der Waals surface area contributed by atoms with Gasteiger partial charge in [-0.15, -0.1) is 5.11 Å². The van der Waals surface area contributed by atoms with Crippen LogP contribution in [0.5, 0.6) is 0 Å². The summed E-state index contributed by atoms with van der Waals surface area (Å²) in [5, 5.41) is 7.63. The molecular formula is C5H5N3. The second kappa shape index (κ2) is 1.18. The first-order valence-electron chi connectivity index (χ1n) is 2.50. The van der Waals surface area contributed by atoms with Gasteiger partial charge in [0.1, 0.15) is 0 Å². The van der Waals surface area contributed by atoms with E-state index in [1.54, 1.807) is 0 Å². The van der Waals surface area contributed by atoms with Crippen molar-refractivity contribution in [1.29, 1.82) is 0 Å². The summed E-state index contributed by atoms with van der Waals surface area (Å²) >= 11 is 0. The molecule has 2 heterocycles. The number of nitrogens with zero attached hydrogens (tertiary/aromatic N) is 2. The van der Waals surface area contributed by atoms with Crippen LogP contribution in [0.15, 0.2) is 22.5 Å². The van der Waals surface area contributed by atoms with Crippen LogP contribution in [0.1, 0.15) is 5.56 Å². The third-order valence-corrected chi connectivity index (χ3v) is 1.22. The molecule has 0 unspecified atom stereocenters. The van der Waals surface area contributed by atoms with E-state index in [0.717, 1.165) is 12.4 Å². The van der Waals surface area contributed by atoms with Crippen molar-refractivity contribution in [3.05, 3.63) is 17.8 Å². The van der Waals surface area contributed by atoms with Crippen LogP contribution < -0.4 is 0 Å². The number of H-pyrrole nitrogens is 1. The zero-order valence-electron chi connectivity index (χ0n) is 4.26. The molecule has 1 N–H and O–H groups in total. The van der Waals surface area contributed by atoms with Crippen molar-refractivity contribution < 1.29 is 0 Å². The van der Waals surface area contributed by atoms with Crippen LogP contribution in [-0.2, 0) is 6.54 Å². The van der Waals surface area contributed by atoms with Crippen LogP contribution >= 0.6 is 0 Å². The Balaban J connectivity index is 2.67. The van der Waals surface area contributed by atoms with Gasteiger partial charge in [0.05, 0.1) is 6.54 Å². The Morgan fingerprint density at radius 1 is 1.62 bits per heavy atom. The van der Waals surface area contributed by atoms with Crippen molar-refractivity contribution in [2.45, 2.75) is 6.54 Å². The molecule has 1 aliphatic heterocycles. The molecule has 1 aliphatic rings. The number of azo groups is 1. The van der Waals surface area contributed by atoms with Gasteiger partial charge in [-0.1, -0.05) is 0 Å². The van der Waals surface area contributed by atoms with Gasteiger partial charge in [-0.25, -0.2) is 0 Å². The highest BCUT2D eigenvalue weighted by molar-refractivity contribution is 5.40. The number of fused-ring (bicyclic) bond motifs is 1. The Hall–Kier alpha value is -1.12. The van der Waals surface area contributed by atoms with Crippen LogP contribution in [0.4, 0.5) is 5.82 Å². The van der Waals surface area contributed by atoms with Gasteiger partial charge in [0.25, 0.3) is 0 Å². The van der Waals surface area contributed by atoms with Crippen molar-refractivity contribution in [2.24, 2.45) is 10.2 Å². The molecule has 1 aromatic heterocycles. The van der Waals surface area contributed by atoms with Gasteiger partial charge in [0.2, 0.25) is 0 Å². The highest BCUT2D eigenvalue weighted by Gasteiger charge is 2.05. The molecule has 3 heteroatoms. The summed E-state index contributed by atoms with van der Waals surface area (Å²) in [4.78, 5) is 2.96. The molecule has 0 bridgehead atoms. The van der Waals surface area contributed by atoms with Gasteiger partial charge < -0.3 is 4.98 Å². The van der Waals surface area contributed by atoms with Gasteiger partial charge >= 0.3 is 0 Å². The van der Waals surface area contributed by atoms with E-state index in [2.05, 4.69) is 15.2 Å². The van der Waals surface area contributed by atoms with Crippen molar-refractivity contribution in [3.63, 3.8) is 0 Å². The van der Waals surface area contributed by atoms with Crippen LogP contribution in [0.3, 0.4) is 0 Å². The smallest absolute Gasteiger partial charge is 0.157 e. The fourth-order valence-corrected chi connectivity index (χ4v) is 0.796. The molecule has 0 amide bonds. The van der Waals surface area contributed by atoms with E-state index >= 15 is 0 Å². The molecule has 0 radical (unpaired) electrons. The Bertz CT molecular complexity index is 223. The molecule has 0 aliphatic carbocycles. The lowest BCUT2D eigenvalue weighted by Crippen LogP contribution is -1.64. The van der Waals surface area contributed by atoms with Gasteiger partial charge in [0, 0.05) is 11.8 Å². The second-order valence-electron chi connectivity index (χ2n) is 1.75. The van der Waals surface area contributed by atoms with E-state index in [1.165, 1.54) is 5.56 Å². The first kappa shape index (κ1) is 3.83. The molecule has 0 fully saturated rings. The standard InChI is InChI=1S/C5H5N3/c1-2-6-5-4(1)3-7-8-5/h1-2,6H,3H2. The highest BCUT2D eigenvalue weighted by Crippen LogP contribution is 2.23. The van der Waals surface area contributed by atoms with Gasteiger partial charge in [-0.2, -0.15) is 5.11 Å².